The predicted octanol–water partition coefficient (Wildman–Crippen LogP) is 2.88. The number of nitriles is 1. The van der Waals surface area contributed by atoms with E-state index in [1.807, 2.05) is 0 Å². The normalized spacial score (nSPS) is 11.1. The van der Waals surface area contributed by atoms with Gasteiger partial charge in [-0.1, -0.05) is 11.6 Å². The van der Waals surface area contributed by atoms with Crippen LogP contribution in [0.3, 0.4) is 0 Å². The SMILES string of the molecule is N#Cc1cc(Cl)c(CCl)cc1S(=O)(=O)Cl. The van der Waals surface area contributed by atoms with Crippen molar-refractivity contribution in [1.82, 2.24) is 0 Å². The lowest BCUT2D eigenvalue weighted by atomic mass is 10.2. The van der Waals surface area contributed by atoms with Crippen LogP contribution in [0.4, 0.5) is 0 Å². The Bertz CT molecular complexity index is 534. The summed E-state index contributed by atoms with van der Waals surface area (Å²) in [4.78, 5) is -0.272. The maximum Gasteiger partial charge on any atom is 0.262 e. The molecule has 0 heterocycles. The lowest BCUT2D eigenvalue weighted by molar-refractivity contribution is 0.609. The number of alkyl halides is 1. The first-order chi connectivity index (χ1) is 6.90. The number of hydrogen-bond donors (Lipinski definition) is 0. The van der Waals surface area contributed by atoms with Gasteiger partial charge in [0.25, 0.3) is 9.05 Å². The Labute approximate surface area is 102 Å². The van der Waals surface area contributed by atoms with Crippen LogP contribution in [-0.2, 0) is 14.9 Å². The highest BCUT2D eigenvalue weighted by molar-refractivity contribution is 8.13. The monoisotopic (exact) mass is 283 g/mol. The van der Waals surface area contributed by atoms with Gasteiger partial charge in [0.2, 0.25) is 0 Å². The van der Waals surface area contributed by atoms with Gasteiger partial charge in [-0.15, -0.1) is 11.6 Å². The molecule has 80 valence electrons. The average molecular weight is 285 g/mol. The molecule has 1 aromatic rings. The second kappa shape index (κ2) is 4.58. The largest absolute Gasteiger partial charge is 0.262 e. The molecule has 7 heteroatoms. The molecule has 0 radical (unpaired) electrons. The van der Waals surface area contributed by atoms with E-state index in [9.17, 15) is 8.42 Å². The van der Waals surface area contributed by atoms with Crippen molar-refractivity contribution in [3.8, 4) is 6.07 Å². The van der Waals surface area contributed by atoms with Gasteiger partial charge in [0.15, 0.2) is 0 Å². The topological polar surface area (TPSA) is 57.9 Å². The first kappa shape index (κ1) is 12.6. The minimum Gasteiger partial charge on any atom is -0.207 e. The molecular weight excluding hydrogens is 281 g/mol. The van der Waals surface area contributed by atoms with Crippen molar-refractivity contribution >= 4 is 42.9 Å². The van der Waals surface area contributed by atoms with Crippen LogP contribution in [0, 0.1) is 11.3 Å². The maximum atomic E-state index is 11.1. The van der Waals surface area contributed by atoms with E-state index >= 15 is 0 Å². The zero-order valence-corrected chi connectivity index (χ0v) is 10.3. The minimum atomic E-state index is -3.96. The molecule has 0 unspecified atom stereocenters. The smallest absolute Gasteiger partial charge is 0.207 e. The number of halogens is 3. The highest BCUT2D eigenvalue weighted by atomic mass is 35.7. The van der Waals surface area contributed by atoms with E-state index in [4.69, 9.17) is 39.1 Å². The van der Waals surface area contributed by atoms with E-state index in [0.717, 1.165) is 0 Å². The number of benzene rings is 1. The maximum absolute atomic E-state index is 11.1. The summed E-state index contributed by atoms with van der Waals surface area (Å²) >= 11 is 11.3. The summed E-state index contributed by atoms with van der Waals surface area (Å²) in [6, 6.07) is 4.14. The van der Waals surface area contributed by atoms with Crippen LogP contribution in [0.5, 0.6) is 0 Å². The summed E-state index contributed by atoms with van der Waals surface area (Å²) in [7, 11) is 1.20. The molecule has 0 aliphatic rings. The van der Waals surface area contributed by atoms with Crippen molar-refractivity contribution in [3.05, 3.63) is 28.3 Å². The molecule has 0 saturated heterocycles. The summed E-state index contributed by atoms with van der Waals surface area (Å²) in [5, 5.41) is 8.95. The van der Waals surface area contributed by atoms with Crippen LogP contribution < -0.4 is 0 Å². The van der Waals surface area contributed by atoms with Crippen LogP contribution in [-0.4, -0.2) is 8.42 Å². The standard InChI is InChI=1S/C8H4Cl3NO2S/c9-3-5-2-8(15(11,13)14)6(4-12)1-7(5)10/h1-2H,3H2. The molecule has 0 N–H and O–H groups in total. The van der Waals surface area contributed by atoms with Crippen molar-refractivity contribution in [2.75, 3.05) is 0 Å². The molecule has 3 nitrogen and oxygen atoms in total. The van der Waals surface area contributed by atoms with Gasteiger partial charge in [-0.3, -0.25) is 0 Å². The van der Waals surface area contributed by atoms with Gasteiger partial charge in [-0.05, 0) is 17.7 Å². The highest BCUT2D eigenvalue weighted by Gasteiger charge is 2.18. The van der Waals surface area contributed by atoms with Crippen LogP contribution in [0.25, 0.3) is 0 Å². The van der Waals surface area contributed by atoms with E-state index < -0.39 is 9.05 Å². The zero-order valence-electron chi connectivity index (χ0n) is 7.17. The fraction of sp³-hybridized carbons (Fsp3) is 0.125. The van der Waals surface area contributed by atoms with Crippen molar-refractivity contribution in [2.24, 2.45) is 0 Å². The Kier molecular flexibility index (Phi) is 3.85. The van der Waals surface area contributed by atoms with Crippen LogP contribution in [0.2, 0.25) is 5.02 Å². The molecule has 0 aromatic heterocycles. The molecule has 0 aliphatic carbocycles. The predicted molar refractivity (Wildman–Crippen MR) is 58.8 cm³/mol. The first-order valence-electron chi connectivity index (χ1n) is 3.63. The van der Waals surface area contributed by atoms with Crippen molar-refractivity contribution in [1.29, 1.82) is 5.26 Å². The van der Waals surface area contributed by atoms with E-state index in [-0.39, 0.29) is 21.4 Å². The third-order valence-electron chi connectivity index (χ3n) is 1.68. The summed E-state index contributed by atoms with van der Waals surface area (Å²) in [6.07, 6.45) is 0. The minimum absolute atomic E-state index is 0.0456. The second-order valence-corrected chi connectivity index (χ2v) is 5.83. The van der Waals surface area contributed by atoms with Gasteiger partial charge in [0.1, 0.15) is 11.0 Å². The van der Waals surface area contributed by atoms with E-state index in [2.05, 4.69) is 0 Å². The zero-order chi connectivity index (χ0) is 11.6. The Balaban J connectivity index is 3.59. The first-order valence-corrected chi connectivity index (χ1v) is 6.85. The van der Waals surface area contributed by atoms with Crippen LogP contribution in [0.1, 0.15) is 11.1 Å². The third-order valence-corrected chi connectivity index (χ3v) is 3.68. The van der Waals surface area contributed by atoms with E-state index in [0.29, 0.717) is 5.56 Å². The number of nitrogens with zero attached hydrogens (tertiary/aromatic N) is 1. The Morgan fingerprint density at radius 2 is 2.00 bits per heavy atom. The molecule has 0 spiro atoms. The summed E-state index contributed by atoms with van der Waals surface area (Å²) in [5.41, 5.74) is 0.320. The van der Waals surface area contributed by atoms with E-state index in [1.165, 1.54) is 12.1 Å². The molecule has 1 rings (SSSR count). The van der Waals surface area contributed by atoms with Crippen LogP contribution >= 0.6 is 33.9 Å². The molecule has 0 amide bonds. The van der Waals surface area contributed by atoms with Gasteiger partial charge in [0, 0.05) is 21.6 Å². The number of hydrogen-bond acceptors (Lipinski definition) is 3. The van der Waals surface area contributed by atoms with Gasteiger partial charge in [0.05, 0.1) is 5.56 Å². The third kappa shape index (κ3) is 2.76. The summed E-state index contributed by atoms with van der Waals surface area (Å²) < 4.78 is 22.2. The quantitative estimate of drug-likeness (QED) is 0.620. The van der Waals surface area contributed by atoms with Crippen molar-refractivity contribution in [3.63, 3.8) is 0 Å². The Morgan fingerprint density at radius 1 is 1.40 bits per heavy atom. The Morgan fingerprint density at radius 3 is 2.40 bits per heavy atom. The molecule has 0 fully saturated rings. The Hall–Kier alpha value is -0.470. The van der Waals surface area contributed by atoms with Crippen molar-refractivity contribution in [2.45, 2.75) is 10.8 Å². The van der Waals surface area contributed by atoms with Gasteiger partial charge in [-0.2, -0.15) is 5.26 Å². The lowest BCUT2D eigenvalue weighted by Gasteiger charge is -2.04. The van der Waals surface area contributed by atoms with Crippen molar-refractivity contribution < 1.29 is 8.42 Å². The molecule has 1 aromatic carbocycles. The fourth-order valence-electron chi connectivity index (χ4n) is 0.987. The number of rotatable bonds is 2. The summed E-state index contributed by atoms with van der Waals surface area (Å²) in [6.45, 7) is 0. The average Bonchev–Trinajstić information content (AvgIpc) is 2.15. The van der Waals surface area contributed by atoms with Gasteiger partial charge < -0.3 is 0 Å². The van der Waals surface area contributed by atoms with Gasteiger partial charge in [-0.25, -0.2) is 8.42 Å². The van der Waals surface area contributed by atoms with Gasteiger partial charge >= 0.3 is 0 Å². The lowest BCUT2D eigenvalue weighted by Crippen LogP contribution is -1.97. The molecule has 0 saturated carbocycles. The fourth-order valence-corrected chi connectivity index (χ4v) is 2.54. The molecule has 15 heavy (non-hydrogen) atoms. The van der Waals surface area contributed by atoms with E-state index in [1.54, 1.807) is 6.07 Å². The van der Waals surface area contributed by atoms with Crippen LogP contribution in [0.15, 0.2) is 17.0 Å². The molecule has 0 bridgehead atoms. The molecule has 0 atom stereocenters. The second-order valence-electron chi connectivity index (χ2n) is 2.62. The molecular formula is C8H4Cl3NO2S. The summed E-state index contributed by atoms with van der Waals surface area (Å²) in [5.74, 6) is 0.0456. The molecule has 0 aliphatic heterocycles. The highest BCUT2D eigenvalue weighted by Crippen LogP contribution is 2.27.